The maximum atomic E-state index is 10.6. The number of hydrogen-bond donors (Lipinski definition) is 3. The van der Waals surface area contributed by atoms with Crippen LogP contribution in [0.25, 0.3) is 0 Å². The number of para-hydroxylation sites is 1. The molecule has 0 aliphatic carbocycles. The van der Waals surface area contributed by atoms with Gasteiger partial charge in [0, 0.05) is 11.1 Å². The Bertz CT molecular complexity index is 540. The molecule has 18 heavy (non-hydrogen) atoms. The number of carbonyl (C=O) groups excluding carboxylic acids is 1. The van der Waals surface area contributed by atoms with E-state index in [0.29, 0.717) is 11.3 Å². The standard InChI is InChI=1S/C7H8N2O.C4H3NO2S/c8-6-4-2-1-3-5(6)7(9)10;6-4(7)3-1-8-2-5-3/h1-4H,8H2,(H2,9,10);1-2H,(H,6,7). The van der Waals surface area contributed by atoms with Gasteiger partial charge in [-0.25, -0.2) is 9.78 Å². The molecule has 2 rings (SSSR count). The first-order chi connectivity index (χ1) is 8.52. The molecule has 0 aliphatic rings. The first kappa shape index (κ1) is 13.7. The third-order valence-corrected chi connectivity index (χ3v) is 2.46. The van der Waals surface area contributed by atoms with Crippen molar-refractivity contribution >= 4 is 28.9 Å². The molecule has 0 radical (unpaired) electrons. The Morgan fingerprint density at radius 1 is 1.28 bits per heavy atom. The molecule has 1 aromatic heterocycles. The summed E-state index contributed by atoms with van der Waals surface area (Å²) in [7, 11) is 0. The average molecular weight is 265 g/mol. The Hall–Kier alpha value is -2.41. The number of carboxylic acid groups (broad SMARTS) is 1. The van der Waals surface area contributed by atoms with E-state index >= 15 is 0 Å². The number of nitrogen functional groups attached to an aromatic ring is 1. The summed E-state index contributed by atoms with van der Waals surface area (Å²) in [5.74, 6) is -1.45. The van der Waals surface area contributed by atoms with Crippen LogP contribution < -0.4 is 11.5 Å². The number of amides is 1. The van der Waals surface area contributed by atoms with Crippen LogP contribution in [0.1, 0.15) is 20.8 Å². The van der Waals surface area contributed by atoms with E-state index in [4.69, 9.17) is 16.6 Å². The number of hydrogen-bond acceptors (Lipinski definition) is 5. The van der Waals surface area contributed by atoms with E-state index in [1.165, 1.54) is 22.2 Å². The number of thiazole rings is 1. The number of carbonyl (C=O) groups is 2. The van der Waals surface area contributed by atoms with Gasteiger partial charge < -0.3 is 16.6 Å². The van der Waals surface area contributed by atoms with E-state index < -0.39 is 11.9 Å². The number of nitrogens with zero attached hydrogens (tertiary/aromatic N) is 1. The molecule has 0 atom stereocenters. The lowest BCUT2D eigenvalue weighted by Crippen LogP contribution is -2.12. The molecule has 0 unspecified atom stereocenters. The van der Waals surface area contributed by atoms with Gasteiger partial charge in [-0.05, 0) is 12.1 Å². The second-order valence-corrected chi connectivity index (χ2v) is 3.85. The number of aromatic nitrogens is 1. The first-order valence-corrected chi connectivity index (χ1v) is 5.72. The lowest BCUT2D eigenvalue weighted by atomic mass is 10.2. The van der Waals surface area contributed by atoms with Gasteiger partial charge in [0.25, 0.3) is 5.91 Å². The molecule has 0 saturated carbocycles. The monoisotopic (exact) mass is 265 g/mol. The van der Waals surface area contributed by atoms with E-state index in [9.17, 15) is 9.59 Å². The number of carboxylic acids is 1. The summed E-state index contributed by atoms with van der Waals surface area (Å²) in [6.07, 6.45) is 0. The molecule has 1 amide bonds. The minimum atomic E-state index is -0.966. The number of primary amides is 1. The lowest BCUT2D eigenvalue weighted by molar-refractivity contribution is 0.0691. The highest BCUT2D eigenvalue weighted by Crippen LogP contribution is 2.08. The van der Waals surface area contributed by atoms with Gasteiger partial charge in [0.15, 0.2) is 5.69 Å². The molecular weight excluding hydrogens is 254 g/mol. The van der Waals surface area contributed by atoms with Gasteiger partial charge in [0.1, 0.15) is 0 Å². The highest BCUT2D eigenvalue weighted by molar-refractivity contribution is 7.07. The van der Waals surface area contributed by atoms with E-state index in [-0.39, 0.29) is 5.69 Å². The molecule has 0 aliphatic heterocycles. The van der Waals surface area contributed by atoms with Crippen molar-refractivity contribution in [1.82, 2.24) is 4.98 Å². The third kappa shape index (κ3) is 3.87. The summed E-state index contributed by atoms with van der Waals surface area (Å²) in [6.45, 7) is 0. The van der Waals surface area contributed by atoms with Crippen molar-refractivity contribution < 1.29 is 14.7 Å². The minimum Gasteiger partial charge on any atom is -0.476 e. The summed E-state index contributed by atoms with van der Waals surface area (Å²) in [4.78, 5) is 24.1. The van der Waals surface area contributed by atoms with Gasteiger partial charge in [0.2, 0.25) is 0 Å². The van der Waals surface area contributed by atoms with Crippen LogP contribution >= 0.6 is 11.3 Å². The van der Waals surface area contributed by atoms with Crippen molar-refractivity contribution in [3.8, 4) is 0 Å². The summed E-state index contributed by atoms with van der Waals surface area (Å²) in [6, 6.07) is 6.70. The van der Waals surface area contributed by atoms with Crippen LogP contribution in [0.2, 0.25) is 0 Å². The Morgan fingerprint density at radius 3 is 2.28 bits per heavy atom. The van der Waals surface area contributed by atoms with Crippen LogP contribution in [0, 0.1) is 0 Å². The fourth-order valence-corrected chi connectivity index (χ4v) is 1.57. The normalized spacial score (nSPS) is 9.11. The smallest absolute Gasteiger partial charge is 0.355 e. The van der Waals surface area contributed by atoms with Crippen LogP contribution in [-0.2, 0) is 0 Å². The molecule has 0 fully saturated rings. The summed E-state index contributed by atoms with van der Waals surface area (Å²) in [5, 5.41) is 9.71. The van der Waals surface area contributed by atoms with E-state index in [2.05, 4.69) is 4.98 Å². The number of nitrogens with two attached hydrogens (primary N) is 2. The predicted molar refractivity (Wildman–Crippen MR) is 68.4 cm³/mol. The van der Waals surface area contributed by atoms with Crippen LogP contribution in [0.5, 0.6) is 0 Å². The molecule has 5 N–H and O–H groups in total. The van der Waals surface area contributed by atoms with Gasteiger partial charge in [0.05, 0.1) is 11.1 Å². The molecule has 94 valence electrons. The first-order valence-electron chi connectivity index (χ1n) is 4.78. The lowest BCUT2D eigenvalue weighted by Gasteiger charge is -1.97. The van der Waals surface area contributed by atoms with Crippen molar-refractivity contribution in [2.24, 2.45) is 5.73 Å². The average Bonchev–Trinajstić information content (AvgIpc) is 2.83. The molecule has 2 aromatic rings. The zero-order valence-electron chi connectivity index (χ0n) is 9.24. The number of rotatable bonds is 2. The second-order valence-electron chi connectivity index (χ2n) is 3.13. The summed E-state index contributed by atoms with van der Waals surface area (Å²) >= 11 is 1.28. The molecule has 7 heteroatoms. The maximum Gasteiger partial charge on any atom is 0.355 e. The Morgan fingerprint density at radius 2 is 1.94 bits per heavy atom. The number of anilines is 1. The molecule has 0 saturated heterocycles. The zero-order valence-corrected chi connectivity index (χ0v) is 10.1. The quantitative estimate of drug-likeness (QED) is 0.705. The molecule has 0 bridgehead atoms. The SMILES string of the molecule is NC(=O)c1ccccc1N.O=C(O)c1cscn1. The summed E-state index contributed by atoms with van der Waals surface area (Å²) < 4.78 is 0. The van der Waals surface area contributed by atoms with E-state index in [1.54, 1.807) is 24.3 Å². The van der Waals surface area contributed by atoms with Crippen LogP contribution in [-0.4, -0.2) is 22.0 Å². The highest BCUT2D eigenvalue weighted by Gasteiger charge is 2.01. The van der Waals surface area contributed by atoms with Gasteiger partial charge in [-0.3, -0.25) is 4.79 Å². The second kappa shape index (κ2) is 6.36. The van der Waals surface area contributed by atoms with Gasteiger partial charge >= 0.3 is 5.97 Å². The topological polar surface area (TPSA) is 119 Å². The fraction of sp³-hybridized carbons (Fsp3) is 0. The van der Waals surface area contributed by atoms with Crippen LogP contribution in [0.15, 0.2) is 35.2 Å². The number of benzene rings is 1. The highest BCUT2D eigenvalue weighted by atomic mass is 32.1. The van der Waals surface area contributed by atoms with Crippen molar-refractivity contribution in [3.05, 3.63) is 46.4 Å². The Labute approximate surface area is 107 Å². The molecular formula is C11H11N3O3S. The Balaban J connectivity index is 0.000000184. The van der Waals surface area contributed by atoms with Crippen LogP contribution in [0.3, 0.4) is 0 Å². The van der Waals surface area contributed by atoms with Crippen LogP contribution in [0.4, 0.5) is 5.69 Å². The van der Waals surface area contributed by atoms with Crippen molar-refractivity contribution in [2.45, 2.75) is 0 Å². The van der Waals surface area contributed by atoms with Crippen molar-refractivity contribution in [1.29, 1.82) is 0 Å². The number of aromatic carboxylic acids is 1. The molecule has 1 aromatic carbocycles. The summed E-state index contributed by atoms with van der Waals surface area (Å²) in [5.41, 5.74) is 12.8. The maximum absolute atomic E-state index is 10.6. The third-order valence-electron chi connectivity index (χ3n) is 1.88. The van der Waals surface area contributed by atoms with Gasteiger partial charge in [-0.15, -0.1) is 11.3 Å². The fourth-order valence-electron chi connectivity index (χ4n) is 1.04. The Kier molecular flexibility index (Phi) is 4.82. The van der Waals surface area contributed by atoms with E-state index in [0.717, 1.165) is 0 Å². The van der Waals surface area contributed by atoms with Gasteiger partial charge in [-0.2, -0.15) is 0 Å². The molecule has 6 nitrogen and oxygen atoms in total. The van der Waals surface area contributed by atoms with Crippen molar-refractivity contribution in [2.75, 3.05) is 5.73 Å². The minimum absolute atomic E-state index is 0.120. The molecule has 1 heterocycles. The van der Waals surface area contributed by atoms with Gasteiger partial charge in [-0.1, -0.05) is 12.1 Å². The van der Waals surface area contributed by atoms with Crippen molar-refractivity contribution in [3.63, 3.8) is 0 Å². The largest absolute Gasteiger partial charge is 0.476 e. The van der Waals surface area contributed by atoms with E-state index in [1.807, 2.05) is 0 Å². The molecule has 0 spiro atoms. The zero-order chi connectivity index (χ0) is 13.5. The predicted octanol–water partition coefficient (Wildman–Crippen LogP) is 1.21.